The van der Waals surface area contributed by atoms with Crippen LogP contribution >= 0.6 is 0 Å². The molecule has 0 aromatic rings. The molecule has 2 rings (SSSR count). The number of ketones is 1. The summed E-state index contributed by atoms with van der Waals surface area (Å²) in [7, 11) is 0. The minimum absolute atomic E-state index is 0.0348. The van der Waals surface area contributed by atoms with E-state index in [1.54, 1.807) is 6.92 Å². The van der Waals surface area contributed by atoms with E-state index in [4.69, 9.17) is 9.47 Å². The Bertz CT molecular complexity index is 360. The number of ether oxygens (including phenoxy) is 2. The van der Waals surface area contributed by atoms with Crippen molar-refractivity contribution < 1.29 is 19.1 Å². The Hall–Kier alpha value is -1.10. The molecule has 1 amide bonds. The summed E-state index contributed by atoms with van der Waals surface area (Å²) >= 11 is 0. The normalized spacial score (nSPS) is 34.4. The Kier molecular flexibility index (Phi) is 3.36. The summed E-state index contributed by atoms with van der Waals surface area (Å²) in [5.74, 6) is -0.153. The van der Waals surface area contributed by atoms with Crippen LogP contribution in [0.2, 0.25) is 0 Å². The Morgan fingerprint density at radius 1 is 1.22 bits per heavy atom. The standard InChI is InChI=1S/C13H21NO4/c1-7(15)10-8-5-6-9(17-8)11(10)14-12(16)18-13(2,3)4/h8-11H,5-6H2,1-4H3,(H,14,16)/t8-,9+,10-,11+/m0/s1. The number of nitrogens with one attached hydrogen (secondary N) is 1. The van der Waals surface area contributed by atoms with Crippen molar-refractivity contribution in [3.63, 3.8) is 0 Å². The first-order chi connectivity index (χ1) is 8.28. The van der Waals surface area contributed by atoms with Crippen LogP contribution in [0.4, 0.5) is 4.79 Å². The molecule has 1 N–H and O–H groups in total. The maximum Gasteiger partial charge on any atom is 0.407 e. The Labute approximate surface area is 107 Å². The quantitative estimate of drug-likeness (QED) is 0.814. The first kappa shape index (κ1) is 13.3. The Morgan fingerprint density at radius 3 is 2.39 bits per heavy atom. The van der Waals surface area contributed by atoms with E-state index in [-0.39, 0.29) is 30.0 Å². The molecule has 0 radical (unpaired) electrons. The van der Waals surface area contributed by atoms with E-state index < -0.39 is 11.7 Å². The lowest BCUT2D eigenvalue weighted by Crippen LogP contribution is -2.50. The van der Waals surface area contributed by atoms with Crippen LogP contribution in [0.3, 0.4) is 0 Å². The average Bonchev–Trinajstić information content (AvgIpc) is 2.73. The molecule has 4 atom stereocenters. The number of carbonyl (C=O) groups is 2. The van der Waals surface area contributed by atoms with Crippen molar-refractivity contribution in [2.24, 2.45) is 5.92 Å². The highest BCUT2D eigenvalue weighted by Crippen LogP contribution is 2.39. The lowest BCUT2D eigenvalue weighted by molar-refractivity contribution is -0.122. The van der Waals surface area contributed by atoms with E-state index in [2.05, 4.69) is 5.32 Å². The Balaban J connectivity index is 2.00. The summed E-state index contributed by atoms with van der Waals surface area (Å²) < 4.78 is 10.9. The van der Waals surface area contributed by atoms with Crippen molar-refractivity contribution >= 4 is 11.9 Å². The molecule has 0 aromatic heterocycles. The number of hydrogen-bond donors (Lipinski definition) is 1. The van der Waals surface area contributed by atoms with Crippen molar-refractivity contribution in [2.75, 3.05) is 0 Å². The van der Waals surface area contributed by atoms with E-state index >= 15 is 0 Å². The molecule has 0 aromatic carbocycles. The van der Waals surface area contributed by atoms with Crippen molar-refractivity contribution in [3.05, 3.63) is 0 Å². The van der Waals surface area contributed by atoms with Crippen molar-refractivity contribution in [3.8, 4) is 0 Å². The van der Waals surface area contributed by atoms with Crippen LogP contribution in [-0.2, 0) is 14.3 Å². The highest BCUT2D eigenvalue weighted by Gasteiger charge is 2.51. The number of fused-ring (bicyclic) bond motifs is 2. The second kappa shape index (κ2) is 4.53. The molecular formula is C13H21NO4. The van der Waals surface area contributed by atoms with Crippen LogP contribution in [0.15, 0.2) is 0 Å². The van der Waals surface area contributed by atoms with Crippen LogP contribution in [0.1, 0.15) is 40.5 Å². The maximum atomic E-state index is 11.8. The van der Waals surface area contributed by atoms with E-state index in [1.807, 2.05) is 20.8 Å². The van der Waals surface area contributed by atoms with Crippen LogP contribution in [0, 0.1) is 5.92 Å². The predicted molar refractivity (Wildman–Crippen MR) is 65.2 cm³/mol. The summed E-state index contributed by atoms with van der Waals surface area (Å²) in [4.78, 5) is 23.4. The van der Waals surface area contributed by atoms with Gasteiger partial charge in [-0.05, 0) is 40.5 Å². The predicted octanol–water partition coefficient (Wildman–Crippen LogP) is 1.65. The van der Waals surface area contributed by atoms with Gasteiger partial charge in [-0.25, -0.2) is 4.79 Å². The van der Waals surface area contributed by atoms with Gasteiger partial charge in [-0.15, -0.1) is 0 Å². The van der Waals surface area contributed by atoms with E-state index in [9.17, 15) is 9.59 Å². The molecule has 2 aliphatic heterocycles. The van der Waals surface area contributed by atoms with Crippen LogP contribution < -0.4 is 5.32 Å². The van der Waals surface area contributed by atoms with Crippen molar-refractivity contribution in [2.45, 2.75) is 64.4 Å². The largest absolute Gasteiger partial charge is 0.444 e. The summed E-state index contributed by atoms with van der Waals surface area (Å²) in [6.45, 7) is 6.99. The van der Waals surface area contributed by atoms with Gasteiger partial charge in [-0.2, -0.15) is 0 Å². The average molecular weight is 255 g/mol. The molecule has 0 spiro atoms. The topological polar surface area (TPSA) is 64.6 Å². The van der Waals surface area contributed by atoms with E-state index in [0.717, 1.165) is 12.8 Å². The van der Waals surface area contributed by atoms with Crippen LogP contribution in [0.5, 0.6) is 0 Å². The monoisotopic (exact) mass is 255 g/mol. The molecule has 18 heavy (non-hydrogen) atoms. The van der Waals surface area contributed by atoms with Crippen LogP contribution in [-0.4, -0.2) is 35.7 Å². The molecule has 5 heteroatoms. The number of hydrogen-bond acceptors (Lipinski definition) is 4. The summed E-state index contributed by atoms with van der Waals surface area (Å²) in [6, 6.07) is -0.240. The molecule has 2 heterocycles. The van der Waals surface area contributed by atoms with Gasteiger partial charge >= 0.3 is 6.09 Å². The fourth-order valence-corrected chi connectivity index (χ4v) is 2.82. The molecule has 0 unspecified atom stereocenters. The molecule has 102 valence electrons. The van der Waals surface area contributed by atoms with Gasteiger partial charge in [0, 0.05) is 0 Å². The van der Waals surface area contributed by atoms with Gasteiger partial charge in [0.25, 0.3) is 0 Å². The van der Waals surface area contributed by atoms with Gasteiger partial charge in [0.05, 0.1) is 24.2 Å². The smallest absolute Gasteiger partial charge is 0.407 e. The number of amides is 1. The fourth-order valence-electron chi connectivity index (χ4n) is 2.82. The third-order valence-electron chi connectivity index (χ3n) is 3.43. The zero-order chi connectivity index (χ0) is 13.5. The van der Waals surface area contributed by atoms with E-state index in [0.29, 0.717) is 0 Å². The SMILES string of the molecule is CC(=O)[C@@H]1[C@H](NC(=O)OC(C)(C)C)[C@H]2CC[C@@H]1O2. The number of carbonyl (C=O) groups excluding carboxylic acids is 2. The van der Waals surface area contributed by atoms with Gasteiger partial charge in [-0.1, -0.05) is 0 Å². The molecule has 2 bridgehead atoms. The van der Waals surface area contributed by atoms with Gasteiger partial charge in [0.15, 0.2) is 0 Å². The lowest BCUT2D eigenvalue weighted by Gasteiger charge is -2.28. The van der Waals surface area contributed by atoms with Gasteiger partial charge in [0.2, 0.25) is 0 Å². The second-order valence-electron chi connectivity index (χ2n) is 6.10. The molecule has 2 saturated heterocycles. The highest BCUT2D eigenvalue weighted by atomic mass is 16.6. The highest BCUT2D eigenvalue weighted by molar-refractivity contribution is 5.81. The molecular weight excluding hydrogens is 234 g/mol. The fraction of sp³-hybridized carbons (Fsp3) is 0.846. The second-order valence-corrected chi connectivity index (χ2v) is 6.10. The zero-order valence-corrected chi connectivity index (χ0v) is 11.4. The molecule has 2 aliphatic rings. The number of rotatable bonds is 2. The third-order valence-corrected chi connectivity index (χ3v) is 3.43. The summed E-state index contributed by atoms with van der Waals surface area (Å²) in [6.07, 6.45) is 1.25. The number of Topliss-reactive ketones (excluding diaryl/α,β-unsaturated/α-hetero) is 1. The van der Waals surface area contributed by atoms with Gasteiger partial charge in [0.1, 0.15) is 11.4 Å². The molecule has 0 saturated carbocycles. The maximum absolute atomic E-state index is 11.8. The first-order valence-corrected chi connectivity index (χ1v) is 6.43. The van der Waals surface area contributed by atoms with Crippen molar-refractivity contribution in [1.82, 2.24) is 5.32 Å². The van der Waals surface area contributed by atoms with Crippen molar-refractivity contribution in [1.29, 1.82) is 0 Å². The van der Waals surface area contributed by atoms with Crippen LogP contribution in [0.25, 0.3) is 0 Å². The van der Waals surface area contributed by atoms with Gasteiger partial charge in [-0.3, -0.25) is 4.79 Å². The third kappa shape index (κ3) is 2.66. The molecule has 2 fully saturated rings. The minimum atomic E-state index is -0.533. The zero-order valence-electron chi connectivity index (χ0n) is 11.4. The summed E-state index contributed by atoms with van der Waals surface area (Å²) in [5, 5.41) is 2.79. The summed E-state index contributed by atoms with van der Waals surface area (Å²) in [5.41, 5.74) is -0.533. The van der Waals surface area contributed by atoms with Gasteiger partial charge < -0.3 is 14.8 Å². The van der Waals surface area contributed by atoms with E-state index in [1.165, 1.54) is 0 Å². The lowest BCUT2D eigenvalue weighted by atomic mass is 9.82. The number of alkyl carbamates (subject to hydrolysis) is 1. The Morgan fingerprint density at radius 2 is 1.83 bits per heavy atom. The molecule has 0 aliphatic carbocycles. The minimum Gasteiger partial charge on any atom is -0.444 e. The first-order valence-electron chi connectivity index (χ1n) is 6.43. The molecule has 5 nitrogen and oxygen atoms in total.